The number of halogens is 5. The van der Waals surface area contributed by atoms with Crippen LogP contribution in [0.2, 0.25) is 0 Å². The zero-order valence-corrected chi connectivity index (χ0v) is 7.84. The van der Waals surface area contributed by atoms with Crippen LogP contribution in [0.15, 0.2) is 24.3 Å². The molecule has 7 heteroatoms. The molecule has 0 radical (unpaired) electrons. The van der Waals surface area contributed by atoms with Crippen molar-refractivity contribution in [1.29, 1.82) is 0 Å². The average Bonchev–Trinajstić information content (AvgIpc) is 2.15. The number of alkyl halides is 5. The molecule has 2 N–H and O–H groups in total. The predicted octanol–water partition coefficient (Wildman–Crippen LogP) is 2.85. The Morgan fingerprint density at radius 3 is 1.94 bits per heavy atom. The van der Waals surface area contributed by atoms with Gasteiger partial charge in [0.1, 0.15) is 11.8 Å². The summed E-state index contributed by atoms with van der Waals surface area (Å²) in [4.78, 5) is 0. The molecule has 1 aromatic carbocycles. The molecule has 0 heterocycles. The Morgan fingerprint density at radius 2 is 1.56 bits per heavy atom. The third-order valence-electron chi connectivity index (χ3n) is 1.82. The molecule has 16 heavy (non-hydrogen) atoms. The number of nitrogens with two attached hydrogens (primary N) is 1. The van der Waals surface area contributed by atoms with E-state index in [9.17, 15) is 22.0 Å². The van der Waals surface area contributed by atoms with Crippen LogP contribution in [0.4, 0.5) is 22.0 Å². The van der Waals surface area contributed by atoms with Gasteiger partial charge in [-0.2, -0.15) is 22.0 Å². The van der Waals surface area contributed by atoms with E-state index >= 15 is 0 Å². The third-order valence-corrected chi connectivity index (χ3v) is 1.82. The van der Waals surface area contributed by atoms with Crippen LogP contribution in [0.1, 0.15) is 11.6 Å². The second kappa shape index (κ2) is 4.65. The van der Waals surface area contributed by atoms with Crippen LogP contribution in [0.3, 0.4) is 0 Å². The Hall–Kier alpha value is -1.37. The molecule has 0 fully saturated rings. The predicted molar refractivity (Wildman–Crippen MR) is 46.1 cm³/mol. The van der Waals surface area contributed by atoms with Gasteiger partial charge in [0, 0.05) is 0 Å². The van der Waals surface area contributed by atoms with E-state index < -0.39 is 18.8 Å². The molecule has 0 aliphatic carbocycles. The molecule has 90 valence electrons. The van der Waals surface area contributed by atoms with Crippen LogP contribution in [-0.2, 0) is 0 Å². The van der Waals surface area contributed by atoms with E-state index in [4.69, 9.17) is 5.73 Å². The van der Waals surface area contributed by atoms with Gasteiger partial charge in [-0.25, -0.2) is 0 Å². The maximum Gasteiger partial charge on any atom is 0.407 e. The summed E-state index contributed by atoms with van der Waals surface area (Å²) >= 11 is 0. The highest BCUT2D eigenvalue weighted by Crippen LogP contribution is 2.31. The van der Waals surface area contributed by atoms with Gasteiger partial charge in [0.25, 0.3) is 0 Å². The first-order chi connectivity index (χ1) is 7.30. The maximum atomic E-state index is 12.2. The second-order valence-corrected chi connectivity index (χ2v) is 2.97. The minimum absolute atomic E-state index is 0.214. The molecular formula is C9H8F5NO. The highest BCUT2D eigenvalue weighted by atomic mass is 19.4. The van der Waals surface area contributed by atoms with Gasteiger partial charge in [0.2, 0.25) is 0 Å². The Morgan fingerprint density at radius 1 is 1.06 bits per heavy atom. The van der Waals surface area contributed by atoms with Crippen molar-refractivity contribution < 1.29 is 26.7 Å². The van der Waals surface area contributed by atoms with Crippen molar-refractivity contribution in [1.82, 2.24) is 0 Å². The molecule has 0 aliphatic heterocycles. The maximum absolute atomic E-state index is 12.2. The van der Waals surface area contributed by atoms with E-state index in [1.54, 1.807) is 0 Å². The SMILES string of the molecule is N[C@H](c1ccc(OC(F)F)cc1)C(F)(F)F. The molecule has 0 amide bonds. The summed E-state index contributed by atoms with van der Waals surface area (Å²) in [6, 6.07) is 1.87. The topological polar surface area (TPSA) is 35.2 Å². The fraction of sp³-hybridized carbons (Fsp3) is 0.333. The quantitative estimate of drug-likeness (QED) is 0.826. The summed E-state index contributed by atoms with van der Waals surface area (Å²) in [5.74, 6) is -0.215. The molecule has 0 bridgehead atoms. The molecule has 0 spiro atoms. The molecule has 2 nitrogen and oxygen atoms in total. The van der Waals surface area contributed by atoms with E-state index in [0.29, 0.717) is 0 Å². The highest BCUT2D eigenvalue weighted by Gasteiger charge is 2.37. The zero-order chi connectivity index (χ0) is 12.3. The third kappa shape index (κ3) is 3.34. The first kappa shape index (κ1) is 12.7. The number of hydrogen-bond acceptors (Lipinski definition) is 2. The molecule has 1 aromatic rings. The molecule has 0 aliphatic rings. The largest absolute Gasteiger partial charge is 0.435 e. The van der Waals surface area contributed by atoms with Gasteiger partial charge in [-0.05, 0) is 17.7 Å². The van der Waals surface area contributed by atoms with E-state index in [1.807, 2.05) is 0 Å². The smallest absolute Gasteiger partial charge is 0.407 e. The summed E-state index contributed by atoms with van der Waals surface area (Å²) in [5.41, 5.74) is 4.70. The van der Waals surface area contributed by atoms with E-state index in [2.05, 4.69) is 4.74 Å². The van der Waals surface area contributed by atoms with Crippen molar-refractivity contribution in [2.24, 2.45) is 5.73 Å². The van der Waals surface area contributed by atoms with Gasteiger partial charge < -0.3 is 10.5 Å². The van der Waals surface area contributed by atoms with Crippen LogP contribution in [-0.4, -0.2) is 12.8 Å². The molecule has 0 aromatic heterocycles. The first-order valence-electron chi connectivity index (χ1n) is 4.18. The first-order valence-corrected chi connectivity index (χ1v) is 4.18. The van der Waals surface area contributed by atoms with Gasteiger partial charge in [-0.1, -0.05) is 12.1 Å². The van der Waals surface area contributed by atoms with Crippen molar-refractivity contribution >= 4 is 0 Å². The van der Waals surface area contributed by atoms with Gasteiger partial charge >= 0.3 is 12.8 Å². The Kier molecular flexibility index (Phi) is 3.69. The summed E-state index contributed by atoms with van der Waals surface area (Å²) < 4.78 is 64.0. The number of rotatable bonds is 3. The summed E-state index contributed by atoms with van der Waals surface area (Å²) in [5, 5.41) is 0. The molecule has 1 atom stereocenters. The van der Waals surface area contributed by atoms with Crippen molar-refractivity contribution in [3.8, 4) is 5.75 Å². The van der Waals surface area contributed by atoms with Crippen LogP contribution in [0.5, 0.6) is 5.75 Å². The number of benzene rings is 1. The Balaban J connectivity index is 2.79. The summed E-state index contributed by atoms with van der Waals surface area (Å²) in [6.07, 6.45) is -4.56. The standard InChI is InChI=1S/C9H8F5NO/c10-8(11)16-6-3-1-5(2-4-6)7(15)9(12,13)14/h1-4,7-8H,15H2/t7-/m1/s1. The molecule has 1 rings (SSSR count). The lowest BCUT2D eigenvalue weighted by Crippen LogP contribution is -2.28. The Bertz CT molecular complexity index is 335. The van der Waals surface area contributed by atoms with Gasteiger partial charge in [0.15, 0.2) is 0 Å². The second-order valence-electron chi connectivity index (χ2n) is 2.97. The molecular weight excluding hydrogens is 233 g/mol. The highest BCUT2D eigenvalue weighted by molar-refractivity contribution is 5.29. The Labute approximate surface area is 87.8 Å². The van der Waals surface area contributed by atoms with E-state index in [-0.39, 0.29) is 11.3 Å². The zero-order valence-electron chi connectivity index (χ0n) is 7.84. The number of ether oxygens (including phenoxy) is 1. The lowest BCUT2D eigenvalue weighted by molar-refractivity contribution is -0.149. The summed E-state index contributed by atoms with van der Waals surface area (Å²) in [6.45, 7) is -3.01. The summed E-state index contributed by atoms with van der Waals surface area (Å²) in [7, 11) is 0. The number of hydrogen-bond donors (Lipinski definition) is 1. The van der Waals surface area contributed by atoms with E-state index in [0.717, 1.165) is 24.3 Å². The lowest BCUT2D eigenvalue weighted by Gasteiger charge is -2.16. The fourth-order valence-electron chi connectivity index (χ4n) is 1.05. The molecule has 0 unspecified atom stereocenters. The van der Waals surface area contributed by atoms with Gasteiger partial charge in [-0.3, -0.25) is 0 Å². The van der Waals surface area contributed by atoms with Crippen LogP contribution >= 0.6 is 0 Å². The minimum Gasteiger partial charge on any atom is -0.435 e. The van der Waals surface area contributed by atoms with Crippen LogP contribution < -0.4 is 10.5 Å². The average molecular weight is 241 g/mol. The fourth-order valence-corrected chi connectivity index (χ4v) is 1.05. The van der Waals surface area contributed by atoms with Gasteiger partial charge in [0.05, 0.1) is 0 Å². The van der Waals surface area contributed by atoms with Crippen molar-refractivity contribution in [2.75, 3.05) is 0 Å². The van der Waals surface area contributed by atoms with Crippen molar-refractivity contribution in [3.05, 3.63) is 29.8 Å². The monoisotopic (exact) mass is 241 g/mol. The van der Waals surface area contributed by atoms with Crippen molar-refractivity contribution in [2.45, 2.75) is 18.8 Å². The normalized spacial score (nSPS) is 13.9. The minimum atomic E-state index is -4.56. The van der Waals surface area contributed by atoms with Crippen LogP contribution in [0, 0.1) is 0 Å². The lowest BCUT2D eigenvalue weighted by atomic mass is 10.1. The van der Waals surface area contributed by atoms with Crippen LogP contribution in [0.25, 0.3) is 0 Å². The molecule has 0 saturated heterocycles. The molecule has 0 saturated carbocycles. The van der Waals surface area contributed by atoms with Gasteiger partial charge in [-0.15, -0.1) is 0 Å². The van der Waals surface area contributed by atoms with E-state index in [1.165, 1.54) is 0 Å². The van der Waals surface area contributed by atoms with Crippen molar-refractivity contribution in [3.63, 3.8) is 0 Å².